The lowest BCUT2D eigenvalue weighted by Gasteiger charge is -2.29. The smallest absolute Gasteiger partial charge is 0.234 e. The highest BCUT2D eigenvalue weighted by Crippen LogP contribution is 2.28. The third-order valence-electron chi connectivity index (χ3n) is 4.38. The van der Waals surface area contributed by atoms with Gasteiger partial charge in [-0.1, -0.05) is 41.6 Å². The minimum atomic E-state index is -0.122. The molecular formula is C21H24ClN3O2S. The standard InChI is InChI=1S/C21H24ClN3O2S/c1-27-19-11-10-16(22)14-18(19)24-20(26)15-28-21(25-12-6-3-7-13-25)23-17-8-4-2-5-9-17/h2,4-5,8-11,14H,3,6-7,12-13,15H2,1H3,(H,24,26). The first kappa shape index (κ1) is 20.6. The van der Waals surface area contributed by atoms with Crippen molar-refractivity contribution in [1.29, 1.82) is 0 Å². The number of nitrogens with zero attached hydrogens (tertiary/aromatic N) is 2. The number of amidine groups is 1. The second-order valence-electron chi connectivity index (χ2n) is 6.46. The van der Waals surface area contributed by atoms with Gasteiger partial charge in [0.05, 0.1) is 24.2 Å². The zero-order chi connectivity index (χ0) is 19.8. The van der Waals surface area contributed by atoms with Gasteiger partial charge in [-0.15, -0.1) is 0 Å². The van der Waals surface area contributed by atoms with Gasteiger partial charge in [-0.2, -0.15) is 0 Å². The van der Waals surface area contributed by atoms with Crippen molar-refractivity contribution in [3.05, 3.63) is 53.6 Å². The summed E-state index contributed by atoms with van der Waals surface area (Å²) in [5.41, 5.74) is 1.47. The van der Waals surface area contributed by atoms with E-state index in [0.29, 0.717) is 16.5 Å². The van der Waals surface area contributed by atoms with Gasteiger partial charge >= 0.3 is 0 Å². The average molecular weight is 418 g/mol. The van der Waals surface area contributed by atoms with Gasteiger partial charge in [0.15, 0.2) is 5.17 Å². The maximum atomic E-state index is 12.5. The number of carbonyl (C=O) groups is 1. The van der Waals surface area contributed by atoms with Gasteiger partial charge in [-0.05, 0) is 49.6 Å². The minimum absolute atomic E-state index is 0.122. The minimum Gasteiger partial charge on any atom is -0.495 e. The summed E-state index contributed by atoms with van der Waals surface area (Å²) in [6, 6.07) is 15.0. The van der Waals surface area contributed by atoms with Crippen molar-refractivity contribution in [2.75, 3.05) is 31.3 Å². The molecule has 0 atom stereocenters. The molecule has 1 fully saturated rings. The molecule has 0 aromatic heterocycles. The van der Waals surface area contributed by atoms with Crippen LogP contribution in [0.5, 0.6) is 5.75 Å². The van der Waals surface area contributed by atoms with Gasteiger partial charge in [0.25, 0.3) is 0 Å². The number of ether oxygens (including phenoxy) is 1. The number of hydrogen-bond acceptors (Lipinski definition) is 4. The first-order chi connectivity index (χ1) is 13.7. The third-order valence-corrected chi connectivity index (χ3v) is 5.62. The summed E-state index contributed by atoms with van der Waals surface area (Å²) in [6.07, 6.45) is 3.55. The van der Waals surface area contributed by atoms with Crippen LogP contribution in [0.25, 0.3) is 0 Å². The van der Waals surface area contributed by atoms with E-state index in [9.17, 15) is 4.79 Å². The Morgan fingerprint density at radius 2 is 1.93 bits per heavy atom. The number of likely N-dealkylation sites (tertiary alicyclic amines) is 1. The van der Waals surface area contributed by atoms with Crippen LogP contribution < -0.4 is 10.1 Å². The van der Waals surface area contributed by atoms with Crippen LogP contribution in [0.4, 0.5) is 11.4 Å². The molecular weight excluding hydrogens is 394 g/mol. The van der Waals surface area contributed by atoms with E-state index < -0.39 is 0 Å². The number of anilines is 1. The lowest BCUT2D eigenvalue weighted by Crippen LogP contribution is -2.34. The molecule has 1 saturated heterocycles. The van der Waals surface area contributed by atoms with Crippen molar-refractivity contribution in [2.24, 2.45) is 4.99 Å². The second kappa shape index (κ2) is 10.4. The SMILES string of the molecule is COc1ccc(Cl)cc1NC(=O)CSC(=Nc1ccccc1)N1CCCCC1. The third kappa shape index (κ3) is 5.91. The van der Waals surface area contributed by atoms with Crippen molar-refractivity contribution >= 4 is 45.8 Å². The molecule has 0 spiro atoms. The number of methoxy groups -OCH3 is 1. The van der Waals surface area contributed by atoms with Crippen molar-refractivity contribution in [3.8, 4) is 5.75 Å². The van der Waals surface area contributed by atoms with Crippen LogP contribution in [0.15, 0.2) is 53.5 Å². The molecule has 7 heteroatoms. The normalized spacial score (nSPS) is 14.6. The molecule has 1 heterocycles. The van der Waals surface area contributed by atoms with E-state index in [1.807, 2.05) is 30.3 Å². The Morgan fingerprint density at radius 1 is 1.18 bits per heavy atom. The number of piperidine rings is 1. The predicted molar refractivity (Wildman–Crippen MR) is 118 cm³/mol. The summed E-state index contributed by atoms with van der Waals surface area (Å²) >= 11 is 7.50. The summed E-state index contributed by atoms with van der Waals surface area (Å²) in [4.78, 5) is 19.6. The Bertz CT molecular complexity index is 824. The van der Waals surface area contributed by atoms with Gasteiger partial charge in [0.2, 0.25) is 5.91 Å². The topological polar surface area (TPSA) is 53.9 Å². The van der Waals surface area contributed by atoms with Crippen molar-refractivity contribution < 1.29 is 9.53 Å². The lowest BCUT2D eigenvalue weighted by molar-refractivity contribution is -0.113. The fraction of sp³-hybridized carbons (Fsp3) is 0.333. The quantitative estimate of drug-likeness (QED) is 0.537. The van der Waals surface area contributed by atoms with E-state index in [2.05, 4.69) is 10.2 Å². The molecule has 1 aliphatic heterocycles. The van der Waals surface area contributed by atoms with Crippen LogP contribution >= 0.6 is 23.4 Å². The van der Waals surface area contributed by atoms with Gasteiger partial charge in [0, 0.05) is 18.1 Å². The van der Waals surface area contributed by atoms with Gasteiger partial charge in [-0.25, -0.2) is 4.99 Å². The summed E-state index contributed by atoms with van der Waals surface area (Å²) in [6.45, 7) is 1.95. The molecule has 5 nitrogen and oxygen atoms in total. The monoisotopic (exact) mass is 417 g/mol. The largest absolute Gasteiger partial charge is 0.495 e. The van der Waals surface area contributed by atoms with Crippen molar-refractivity contribution in [3.63, 3.8) is 0 Å². The number of carbonyl (C=O) groups excluding carboxylic acids is 1. The average Bonchev–Trinajstić information content (AvgIpc) is 2.72. The summed E-state index contributed by atoms with van der Waals surface area (Å²) in [5, 5.41) is 4.31. The highest BCUT2D eigenvalue weighted by Gasteiger charge is 2.17. The number of rotatable bonds is 5. The maximum Gasteiger partial charge on any atom is 0.234 e. The number of halogens is 1. The van der Waals surface area contributed by atoms with Crippen LogP contribution in [0.3, 0.4) is 0 Å². The van der Waals surface area contributed by atoms with Crippen LogP contribution in [0.2, 0.25) is 5.02 Å². The van der Waals surface area contributed by atoms with E-state index in [4.69, 9.17) is 21.3 Å². The Labute approximate surface area is 175 Å². The number of amides is 1. The molecule has 0 aliphatic carbocycles. The predicted octanol–water partition coefficient (Wildman–Crippen LogP) is 5.19. The van der Waals surface area contributed by atoms with Gasteiger partial charge in [0.1, 0.15) is 5.75 Å². The molecule has 2 aromatic carbocycles. The molecule has 1 aliphatic rings. The second-order valence-corrected chi connectivity index (χ2v) is 7.84. The molecule has 0 radical (unpaired) electrons. The Kier molecular flexibility index (Phi) is 7.62. The summed E-state index contributed by atoms with van der Waals surface area (Å²) in [7, 11) is 1.56. The van der Waals surface area contributed by atoms with Gasteiger partial charge in [-0.3, -0.25) is 4.79 Å². The summed E-state index contributed by atoms with van der Waals surface area (Å²) < 4.78 is 5.29. The van der Waals surface area contributed by atoms with E-state index in [0.717, 1.165) is 36.8 Å². The Hall–Kier alpha value is -2.18. The van der Waals surface area contributed by atoms with Crippen LogP contribution in [-0.4, -0.2) is 41.9 Å². The van der Waals surface area contributed by atoms with Crippen LogP contribution in [0, 0.1) is 0 Å². The van der Waals surface area contributed by atoms with Crippen molar-refractivity contribution in [1.82, 2.24) is 4.90 Å². The van der Waals surface area contributed by atoms with Gasteiger partial charge < -0.3 is 15.0 Å². The number of hydrogen-bond donors (Lipinski definition) is 1. The molecule has 0 bridgehead atoms. The molecule has 0 unspecified atom stereocenters. The fourth-order valence-corrected chi connectivity index (χ4v) is 4.03. The zero-order valence-electron chi connectivity index (χ0n) is 15.9. The van der Waals surface area contributed by atoms with E-state index in [-0.39, 0.29) is 11.7 Å². The molecule has 2 aromatic rings. The van der Waals surface area contributed by atoms with Crippen LogP contribution in [-0.2, 0) is 4.79 Å². The molecule has 28 heavy (non-hydrogen) atoms. The Morgan fingerprint density at radius 3 is 2.64 bits per heavy atom. The number of aliphatic imine (C=N–C) groups is 1. The van der Waals surface area contributed by atoms with Crippen molar-refractivity contribution in [2.45, 2.75) is 19.3 Å². The highest BCUT2D eigenvalue weighted by atomic mass is 35.5. The molecule has 3 rings (SSSR count). The number of benzene rings is 2. The first-order valence-electron chi connectivity index (χ1n) is 9.30. The maximum absolute atomic E-state index is 12.5. The van der Waals surface area contributed by atoms with E-state index >= 15 is 0 Å². The lowest BCUT2D eigenvalue weighted by atomic mass is 10.1. The highest BCUT2D eigenvalue weighted by molar-refractivity contribution is 8.14. The zero-order valence-corrected chi connectivity index (χ0v) is 17.4. The summed E-state index contributed by atoms with van der Waals surface area (Å²) in [5.74, 6) is 0.720. The van der Waals surface area contributed by atoms with E-state index in [1.54, 1.807) is 25.3 Å². The number of thioether (sulfide) groups is 1. The molecule has 1 N–H and O–H groups in total. The molecule has 148 valence electrons. The van der Waals surface area contributed by atoms with E-state index in [1.165, 1.54) is 18.2 Å². The first-order valence-corrected chi connectivity index (χ1v) is 10.7. The molecule has 1 amide bonds. The number of nitrogens with one attached hydrogen (secondary N) is 1. The molecule has 0 saturated carbocycles. The Balaban J connectivity index is 1.68. The fourth-order valence-electron chi connectivity index (χ4n) is 2.99. The van der Waals surface area contributed by atoms with Crippen LogP contribution in [0.1, 0.15) is 19.3 Å². The number of para-hydroxylation sites is 1.